The first-order chi connectivity index (χ1) is 8.75. The Bertz CT molecular complexity index is 513. The van der Waals surface area contributed by atoms with Crippen LogP contribution in [0.1, 0.15) is 16.1 Å². The van der Waals surface area contributed by atoms with E-state index in [2.05, 4.69) is 25.6 Å². The van der Waals surface area contributed by atoms with Crippen LogP contribution in [0.3, 0.4) is 0 Å². The Balaban J connectivity index is 1.72. The summed E-state index contributed by atoms with van der Waals surface area (Å²) < 4.78 is 15.6. The Labute approximate surface area is 112 Å². The van der Waals surface area contributed by atoms with E-state index in [-0.39, 0.29) is 12.5 Å². The van der Waals surface area contributed by atoms with Crippen molar-refractivity contribution in [2.75, 3.05) is 6.79 Å². The van der Waals surface area contributed by atoms with Crippen LogP contribution in [-0.2, 0) is 16.1 Å². The number of esters is 1. The van der Waals surface area contributed by atoms with Crippen molar-refractivity contribution in [1.82, 2.24) is 5.16 Å². The van der Waals surface area contributed by atoms with Gasteiger partial charge in [-0.3, -0.25) is 0 Å². The van der Waals surface area contributed by atoms with Crippen molar-refractivity contribution in [2.24, 2.45) is 0 Å². The molecule has 0 amide bonds. The number of aromatic nitrogens is 1. The van der Waals surface area contributed by atoms with Gasteiger partial charge in [0.1, 0.15) is 6.26 Å². The summed E-state index contributed by atoms with van der Waals surface area (Å²) in [4.78, 5) is 11.3. The summed E-state index contributed by atoms with van der Waals surface area (Å²) >= 11 is 3.36. The number of hydrogen-bond donors (Lipinski definition) is 0. The second kappa shape index (κ2) is 6.32. The number of carbonyl (C=O) groups excluding carboxylic acids is 1. The molecule has 0 unspecified atom stereocenters. The smallest absolute Gasteiger partial charge is 0.362 e. The molecule has 2 rings (SSSR count). The Morgan fingerprint density at radius 2 is 2.28 bits per heavy atom. The van der Waals surface area contributed by atoms with Gasteiger partial charge >= 0.3 is 5.97 Å². The summed E-state index contributed by atoms with van der Waals surface area (Å²) in [7, 11) is 0. The largest absolute Gasteiger partial charge is 0.434 e. The fraction of sp³-hybridized carbons (Fsp3) is 0.167. The molecule has 5 nitrogen and oxygen atoms in total. The van der Waals surface area contributed by atoms with Crippen molar-refractivity contribution >= 4 is 21.9 Å². The van der Waals surface area contributed by atoms with Crippen LogP contribution < -0.4 is 0 Å². The van der Waals surface area contributed by atoms with Gasteiger partial charge in [-0.25, -0.2) is 4.79 Å². The zero-order chi connectivity index (χ0) is 12.8. The third kappa shape index (κ3) is 3.68. The third-order valence-corrected chi connectivity index (χ3v) is 2.57. The minimum absolute atomic E-state index is 0.126. The van der Waals surface area contributed by atoms with Crippen LogP contribution >= 0.6 is 15.9 Å². The van der Waals surface area contributed by atoms with E-state index in [4.69, 9.17) is 9.47 Å². The monoisotopic (exact) mass is 311 g/mol. The summed E-state index contributed by atoms with van der Waals surface area (Å²) in [6.45, 7) is 0.240. The van der Waals surface area contributed by atoms with Gasteiger partial charge in [-0.2, -0.15) is 0 Å². The molecule has 1 aromatic carbocycles. The van der Waals surface area contributed by atoms with Crippen LogP contribution in [0.25, 0.3) is 0 Å². The molecule has 0 N–H and O–H groups in total. The van der Waals surface area contributed by atoms with Gasteiger partial charge in [0, 0.05) is 10.5 Å². The van der Waals surface area contributed by atoms with Gasteiger partial charge in [0.2, 0.25) is 0 Å². The van der Waals surface area contributed by atoms with Crippen molar-refractivity contribution in [2.45, 2.75) is 6.61 Å². The molecule has 0 saturated heterocycles. The van der Waals surface area contributed by atoms with E-state index in [0.29, 0.717) is 6.61 Å². The second-order valence-corrected chi connectivity index (χ2v) is 4.33. The molecule has 0 saturated carbocycles. The Morgan fingerprint density at radius 3 is 3.00 bits per heavy atom. The molecule has 18 heavy (non-hydrogen) atoms. The van der Waals surface area contributed by atoms with Gasteiger partial charge in [-0.05, 0) is 17.7 Å². The normalized spacial score (nSPS) is 10.3. The molecule has 0 atom stereocenters. The lowest BCUT2D eigenvalue weighted by Gasteiger charge is -2.05. The highest BCUT2D eigenvalue weighted by atomic mass is 79.9. The van der Waals surface area contributed by atoms with Gasteiger partial charge < -0.3 is 14.0 Å². The number of rotatable bonds is 5. The molecule has 0 bridgehead atoms. The number of carbonyl (C=O) groups is 1. The molecule has 94 valence electrons. The molecule has 0 spiro atoms. The fourth-order valence-electron chi connectivity index (χ4n) is 1.27. The van der Waals surface area contributed by atoms with Gasteiger partial charge in [0.05, 0.1) is 6.61 Å². The van der Waals surface area contributed by atoms with Crippen molar-refractivity contribution in [1.29, 1.82) is 0 Å². The zero-order valence-corrected chi connectivity index (χ0v) is 10.9. The van der Waals surface area contributed by atoms with Crippen molar-refractivity contribution in [3.8, 4) is 0 Å². The lowest BCUT2D eigenvalue weighted by Crippen LogP contribution is -2.09. The molecule has 2 aromatic rings. The third-order valence-electron chi connectivity index (χ3n) is 2.08. The molecule has 0 aliphatic rings. The van der Waals surface area contributed by atoms with Crippen molar-refractivity contribution < 1.29 is 18.8 Å². The summed E-state index contributed by atoms with van der Waals surface area (Å²) in [5.74, 6) is -0.571. The van der Waals surface area contributed by atoms with E-state index in [1.54, 1.807) is 0 Å². The first-order valence-electron chi connectivity index (χ1n) is 5.15. The van der Waals surface area contributed by atoms with Crippen LogP contribution in [-0.4, -0.2) is 17.9 Å². The highest BCUT2D eigenvalue weighted by Crippen LogP contribution is 2.12. The number of nitrogens with zero attached hydrogens (tertiary/aromatic N) is 1. The molecular weight excluding hydrogens is 302 g/mol. The first-order valence-corrected chi connectivity index (χ1v) is 5.95. The molecular formula is C12H10BrNO4. The average molecular weight is 312 g/mol. The average Bonchev–Trinajstić information content (AvgIpc) is 2.88. The molecule has 6 heteroatoms. The van der Waals surface area contributed by atoms with E-state index < -0.39 is 5.97 Å². The Hall–Kier alpha value is -1.66. The minimum atomic E-state index is -0.571. The van der Waals surface area contributed by atoms with E-state index in [1.165, 1.54) is 12.3 Å². The summed E-state index contributed by atoms with van der Waals surface area (Å²) in [5, 5.41) is 3.45. The van der Waals surface area contributed by atoms with E-state index >= 15 is 0 Å². The minimum Gasteiger partial charge on any atom is -0.434 e. The predicted molar refractivity (Wildman–Crippen MR) is 65.7 cm³/mol. The van der Waals surface area contributed by atoms with Gasteiger partial charge in [-0.15, -0.1) is 0 Å². The number of halogens is 1. The topological polar surface area (TPSA) is 61.6 Å². The number of hydrogen-bond acceptors (Lipinski definition) is 5. The van der Waals surface area contributed by atoms with Crippen LogP contribution in [0.2, 0.25) is 0 Å². The molecule has 1 heterocycles. The van der Waals surface area contributed by atoms with E-state index in [9.17, 15) is 4.79 Å². The molecule has 0 aliphatic heterocycles. The maximum absolute atomic E-state index is 11.3. The Morgan fingerprint density at radius 1 is 1.39 bits per heavy atom. The molecule has 0 fully saturated rings. The van der Waals surface area contributed by atoms with E-state index in [1.807, 2.05) is 24.3 Å². The van der Waals surface area contributed by atoms with Crippen LogP contribution in [0, 0.1) is 0 Å². The maximum atomic E-state index is 11.3. The van der Waals surface area contributed by atoms with Crippen LogP contribution in [0.15, 0.2) is 45.6 Å². The second-order valence-electron chi connectivity index (χ2n) is 3.41. The van der Waals surface area contributed by atoms with Crippen LogP contribution in [0.4, 0.5) is 0 Å². The SMILES string of the molecule is O=C(OCOCc1cccc(Br)c1)c1ccon1. The standard InChI is InChI=1S/C12H10BrNO4/c13-10-3-1-2-9(6-10)7-16-8-17-12(15)11-4-5-18-14-11/h1-6H,7-8H2. The highest BCUT2D eigenvalue weighted by Gasteiger charge is 2.09. The highest BCUT2D eigenvalue weighted by molar-refractivity contribution is 9.10. The molecule has 0 radical (unpaired) electrons. The fourth-order valence-corrected chi connectivity index (χ4v) is 1.72. The lowest BCUT2D eigenvalue weighted by atomic mass is 10.2. The van der Waals surface area contributed by atoms with Crippen molar-refractivity contribution in [3.05, 3.63) is 52.3 Å². The van der Waals surface area contributed by atoms with Gasteiger partial charge in [0.15, 0.2) is 12.5 Å². The summed E-state index contributed by atoms with van der Waals surface area (Å²) in [6, 6.07) is 9.11. The maximum Gasteiger partial charge on any atom is 0.362 e. The predicted octanol–water partition coefficient (Wildman–Crippen LogP) is 2.77. The number of ether oxygens (including phenoxy) is 2. The summed E-state index contributed by atoms with van der Waals surface area (Å²) in [6.07, 6.45) is 1.30. The van der Waals surface area contributed by atoms with Crippen LogP contribution in [0.5, 0.6) is 0 Å². The quantitative estimate of drug-likeness (QED) is 0.483. The Kier molecular flexibility index (Phi) is 4.49. The molecule has 0 aliphatic carbocycles. The zero-order valence-electron chi connectivity index (χ0n) is 9.34. The van der Waals surface area contributed by atoms with E-state index in [0.717, 1.165) is 10.0 Å². The summed E-state index contributed by atoms with van der Waals surface area (Å²) in [5.41, 5.74) is 1.11. The first kappa shape index (κ1) is 12.8. The van der Waals surface area contributed by atoms with Gasteiger partial charge in [-0.1, -0.05) is 33.2 Å². The lowest BCUT2D eigenvalue weighted by molar-refractivity contribution is -0.0387. The number of benzene rings is 1. The van der Waals surface area contributed by atoms with Crippen molar-refractivity contribution in [3.63, 3.8) is 0 Å². The van der Waals surface area contributed by atoms with Gasteiger partial charge in [0.25, 0.3) is 0 Å². The molecule has 1 aromatic heterocycles.